The highest BCUT2D eigenvalue weighted by Gasteiger charge is 2.33. The van der Waals surface area contributed by atoms with E-state index in [0.29, 0.717) is 6.07 Å². The topological polar surface area (TPSA) is 104 Å². The monoisotopic (exact) mass is 478 g/mol. The van der Waals surface area contributed by atoms with Gasteiger partial charge in [0.1, 0.15) is 11.6 Å². The average Bonchev–Trinajstić information content (AvgIpc) is 2.75. The average molecular weight is 479 g/mol. The molecular formula is C19H15ClF4N2O6. The molecule has 172 valence electrons. The molecule has 1 heterocycles. The first-order valence-electron chi connectivity index (χ1n) is 8.74. The number of ketones is 1. The summed E-state index contributed by atoms with van der Waals surface area (Å²) >= 11 is 5.95. The Morgan fingerprint density at radius 3 is 2.47 bits per heavy atom. The lowest BCUT2D eigenvalue weighted by atomic mass is 10.2. The summed E-state index contributed by atoms with van der Waals surface area (Å²) in [6.45, 7) is 1.58. The fraction of sp³-hybridized carbons (Fsp3) is 0.263. The molecule has 13 heteroatoms. The number of rotatable bonds is 9. The van der Waals surface area contributed by atoms with Crippen LogP contribution in [0.1, 0.15) is 17.4 Å². The Kier molecular flexibility index (Phi) is 8.35. The van der Waals surface area contributed by atoms with Crippen LogP contribution in [0.15, 0.2) is 24.4 Å². The number of amides is 1. The van der Waals surface area contributed by atoms with Crippen LogP contribution in [0, 0.1) is 5.82 Å². The number of nitrogens with zero attached hydrogens (tertiary/aromatic N) is 1. The van der Waals surface area contributed by atoms with E-state index in [9.17, 15) is 31.9 Å². The molecule has 8 nitrogen and oxygen atoms in total. The van der Waals surface area contributed by atoms with Crippen molar-refractivity contribution in [3.63, 3.8) is 0 Å². The number of carbonyl (C=O) groups is 3. The van der Waals surface area contributed by atoms with Gasteiger partial charge in [-0.3, -0.25) is 9.59 Å². The van der Waals surface area contributed by atoms with Gasteiger partial charge in [0, 0.05) is 18.3 Å². The zero-order chi connectivity index (χ0) is 24.0. The van der Waals surface area contributed by atoms with Crippen LogP contribution >= 0.6 is 11.6 Å². The molecule has 1 aromatic carbocycles. The van der Waals surface area contributed by atoms with Crippen LogP contribution in [0.3, 0.4) is 0 Å². The van der Waals surface area contributed by atoms with Crippen molar-refractivity contribution in [3.05, 3.63) is 40.9 Å². The largest absolute Gasteiger partial charge is 0.493 e. The Labute approximate surface area is 183 Å². The van der Waals surface area contributed by atoms with Gasteiger partial charge >= 0.3 is 5.97 Å². The summed E-state index contributed by atoms with van der Waals surface area (Å²) in [6, 6.07) is 2.79. The molecule has 1 N–H and O–H groups in total. The second-order valence-corrected chi connectivity index (χ2v) is 6.24. The van der Waals surface area contributed by atoms with Crippen molar-refractivity contribution < 1.29 is 46.2 Å². The normalized spacial score (nSPS) is 11.6. The van der Waals surface area contributed by atoms with Crippen LogP contribution < -0.4 is 14.8 Å². The van der Waals surface area contributed by atoms with Crippen LogP contribution in [-0.2, 0) is 14.3 Å². The van der Waals surface area contributed by atoms with Gasteiger partial charge < -0.3 is 19.5 Å². The quantitative estimate of drug-likeness (QED) is 0.330. The highest BCUT2D eigenvalue weighted by atomic mass is 35.5. The lowest BCUT2D eigenvalue weighted by molar-refractivity contribution is -0.140. The standard InChI is InChI=1S/C19H15ClF4N2O6/c1-3-31-19(29)14-16(11(30-2)4-5-25-14)32-12-7-10(9(21)6-8(12)20)26-18(28)13(22)15(27)17(23)24/h4-7,13,17H,3H2,1-2H3,(H,26,28). The van der Waals surface area contributed by atoms with Crippen LogP contribution in [0.5, 0.6) is 17.2 Å². The van der Waals surface area contributed by atoms with Gasteiger partial charge in [-0.25, -0.2) is 27.3 Å². The Hall–Kier alpha value is -3.41. The van der Waals surface area contributed by atoms with Gasteiger partial charge in [0.2, 0.25) is 17.7 Å². The first-order valence-corrected chi connectivity index (χ1v) is 9.12. The van der Waals surface area contributed by atoms with E-state index < -0.39 is 41.8 Å². The fourth-order valence-corrected chi connectivity index (χ4v) is 2.47. The summed E-state index contributed by atoms with van der Waals surface area (Å²) in [5.74, 6) is -6.78. The van der Waals surface area contributed by atoms with Crippen molar-refractivity contribution in [2.45, 2.75) is 19.5 Å². The number of hydrogen-bond acceptors (Lipinski definition) is 7. The van der Waals surface area contributed by atoms with E-state index in [0.717, 1.165) is 6.07 Å². The minimum atomic E-state index is -3.73. The molecule has 0 bridgehead atoms. The molecule has 1 amide bonds. The summed E-state index contributed by atoms with van der Waals surface area (Å²) < 4.78 is 67.9. The lowest BCUT2D eigenvalue weighted by Gasteiger charge is -2.16. The predicted octanol–water partition coefficient (Wildman–Crippen LogP) is 3.96. The van der Waals surface area contributed by atoms with Crippen molar-refractivity contribution in [2.75, 3.05) is 19.0 Å². The van der Waals surface area contributed by atoms with Crippen molar-refractivity contribution in [1.82, 2.24) is 4.98 Å². The van der Waals surface area contributed by atoms with E-state index in [-0.39, 0.29) is 34.6 Å². The number of hydrogen-bond donors (Lipinski definition) is 1. The van der Waals surface area contributed by atoms with Gasteiger partial charge in [0.05, 0.1) is 24.4 Å². The molecule has 0 aliphatic rings. The third-order valence-electron chi connectivity index (χ3n) is 3.74. The predicted molar refractivity (Wildman–Crippen MR) is 103 cm³/mol. The molecule has 2 rings (SSSR count). The number of nitrogens with one attached hydrogen (secondary N) is 1. The molecule has 0 saturated heterocycles. The van der Waals surface area contributed by atoms with E-state index in [1.54, 1.807) is 12.2 Å². The molecule has 2 aromatic rings. The van der Waals surface area contributed by atoms with Crippen LogP contribution in [-0.4, -0.2) is 49.0 Å². The zero-order valence-electron chi connectivity index (χ0n) is 16.5. The molecule has 0 aliphatic carbocycles. The SMILES string of the molecule is CCOC(=O)c1nccc(OC)c1Oc1cc(NC(=O)C(F)C(=O)C(F)F)c(F)cc1Cl. The van der Waals surface area contributed by atoms with Crippen LogP contribution in [0.4, 0.5) is 23.2 Å². The Balaban J connectivity index is 2.42. The molecule has 0 fully saturated rings. The number of carbonyl (C=O) groups excluding carboxylic acids is 3. The summed E-state index contributed by atoms with van der Waals surface area (Å²) in [6.07, 6.45) is -5.73. The number of aromatic nitrogens is 1. The number of ether oxygens (including phenoxy) is 3. The van der Waals surface area contributed by atoms with E-state index in [2.05, 4.69) is 4.98 Å². The summed E-state index contributed by atoms with van der Waals surface area (Å²) in [5, 5.41) is 1.32. The number of Topliss-reactive ketones (excluding diaryl/α,β-unsaturated/α-hetero) is 1. The lowest BCUT2D eigenvalue weighted by Crippen LogP contribution is -2.35. The van der Waals surface area contributed by atoms with Gasteiger partial charge in [-0.2, -0.15) is 0 Å². The maximum absolute atomic E-state index is 14.2. The van der Waals surface area contributed by atoms with Crippen molar-refractivity contribution in [2.24, 2.45) is 0 Å². The third-order valence-corrected chi connectivity index (χ3v) is 4.04. The Morgan fingerprint density at radius 1 is 1.19 bits per heavy atom. The van der Waals surface area contributed by atoms with Crippen molar-refractivity contribution >= 4 is 34.9 Å². The number of anilines is 1. The van der Waals surface area contributed by atoms with Gasteiger partial charge in [-0.1, -0.05) is 11.6 Å². The second kappa shape index (κ2) is 10.8. The molecule has 1 atom stereocenters. The van der Waals surface area contributed by atoms with Gasteiger partial charge in [-0.15, -0.1) is 0 Å². The third kappa shape index (κ3) is 5.63. The molecule has 32 heavy (non-hydrogen) atoms. The highest BCUT2D eigenvalue weighted by molar-refractivity contribution is 6.32. The number of methoxy groups -OCH3 is 1. The second-order valence-electron chi connectivity index (χ2n) is 5.83. The van der Waals surface area contributed by atoms with Gasteiger partial charge in [-0.05, 0) is 13.0 Å². The molecule has 0 aliphatic heterocycles. The van der Waals surface area contributed by atoms with Crippen molar-refractivity contribution in [3.8, 4) is 17.2 Å². The number of esters is 1. The van der Waals surface area contributed by atoms with E-state index in [4.69, 9.17) is 25.8 Å². The molecular weight excluding hydrogens is 464 g/mol. The van der Waals surface area contributed by atoms with Crippen LogP contribution in [0.2, 0.25) is 5.02 Å². The smallest absolute Gasteiger partial charge is 0.360 e. The number of halogens is 5. The Morgan fingerprint density at radius 2 is 1.88 bits per heavy atom. The minimum Gasteiger partial charge on any atom is -0.493 e. The number of benzene rings is 1. The molecule has 0 radical (unpaired) electrons. The maximum Gasteiger partial charge on any atom is 0.360 e. The summed E-state index contributed by atoms with van der Waals surface area (Å²) in [5.41, 5.74) is -1.05. The molecule has 0 saturated carbocycles. The first kappa shape index (κ1) is 24.9. The number of pyridine rings is 1. The molecule has 0 spiro atoms. The summed E-state index contributed by atoms with van der Waals surface area (Å²) in [4.78, 5) is 38.7. The van der Waals surface area contributed by atoms with Gasteiger partial charge in [0.25, 0.3) is 12.3 Å². The van der Waals surface area contributed by atoms with E-state index >= 15 is 0 Å². The summed E-state index contributed by atoms with van der Waals surface area (Å²) in [7, 11) is 1.26. The zero-order valence-corrected chi connectivity index (χ0v) is 17.2. The van der Waals surface area contributed by atoms with Crippen LogP contribution in [0.25, 0.3) is 0 Å². The minimum absolute atomic E-state index is 0.0142. The molecule has 1 unspecified atom stereocenters. The van der Waals surface area contributed by atoms with E-state index in [1.807, 2.05) is 0 Å². The van der Waals surface area contributed by atoms with Gasteiger partial charge in [0.15, 0.2) is 11.4 Å². The molecule has 1 aromatic heterocycles. The number of alkyl halides is 3. The Bertz CT molecular complexity index is 1040. The highest BCUT2D eigenvalue weighted by Crippen LogP contribution is 2.39. The van der Waals surface area contributed by atoms with E-state index in [1.165, 1.54) is 19.4 Å². The fourth-order valence-electron chi connectivity index (χ4n) is 2.28. The first-order chi connectivity index (χ1) is 15.1. The maximum atomic E-state index is 14.2. The van der Waals surface area contributed by atoms with Crippen molar-refractivity contribution in [1.29, 1.82) is 0 Å².